The second kappa shape index (κ2) is 5.41. The second-order valence-electron chi connectivity index (χ2n) is 3.51. The van der Waals surface area contributed by atoms with Crippen molar-refractivity contribution in [1.82, 2.24) is 5.32 Å². The number of ether oxygens (including phenoxy) is 1. The summed E-state index contributed by atoms with van der Waals surface area (Å²) < 4.78 is 5.67. The van der Waals surface area contributed by atoms with E-state index >= 15 is 0 Å². The van der Waals surface area contributed by atoms with Crippen molar-refractivity contribution in [3.05, 3.63) is 28.7 Å². The van der Waals surface area contributed by atoms with Gasteiger partial charge in [0.2, 0.25) is 0 Å². The molecule has 0 radical (unpaired) electrons. The molecule has 1 aromatic carbocycles. The summed E-state index contributed by atoms with van der Waals surface area (Å²) in [4.78, 5) is 12.0. The lowest BCUT2D eigenvalue weighted by Crippen LogP contribution is -2.17. The van der Waals surface area contributed by atoms with Crippen LogP contribution in [-0.4, -0.2) is 21.9 Å². The summed E-state index contributed by atoms with van der Waals surface area (Å²) in [6.45, 7) is 2.33. The fourth-order valence-corrected chi connectivity index (χ4v) is 2.52. The number of thiocarbonyl (C=S) groups is 1. The van der Waals surface area contributed by atoms with Crippen molar-refractivity contribution < 1.29 is 14.6 Å². The smallest absolute Gasteiger partial charge is 0.263 e. The third-order valence-electron chi connectivity index (χ3n) is 2.22. The molecule has 1 heterocycles. The molecule has 1 aliphatic rings. The molecule has 1 aromatic rings. The first-order valence-corrected chi connectivity index (χ1v) is 6.53. The summed E-state index contributed by atoms with van der Waals surface area (Å²) in [7, 11) is 0. The van der Waals surface area contributed by atoms with Gasteiger partial charge in [-0.2, -0.15) is 0 Å². The van der Waals surface area contributed by atoms with Gasteiger partial charge in [0.15, 0.2) is 11.5 Å². The highest BCUT2D eigenvalue weighted by molar-refractivity contribution is 8.26. The quantitative estimate of drug-likeness (QED) is 0.657. The minimum Gasteiger partial charge on any atom is -0.504 e. The molecule has 1 aliphatic heterocycles. The van der Waals surface area contributed by atoms with Crippen LogP contribution in [0.4, 0.5) is 0 Å². The van der Waals surface area contributed by atoms with Crippen LogP contribution in [0.2, 0.25) is 0 Å². The van der Waals surface area contributed by atoms with Gasteiger partial charge in [0, 0.05) is 0 Å². The summed E-state index contributed by atoms with van der Waals surface area (Å²) in [6.07, 6.45) is 1.68. The molecule has 18 heavy (non-hydrogen) atoms. The van der Waals surface area contributed by atoms with Crippen molar-refractivity contribution in [3.8, 4) is 11.5 Å². The lowest BCUT2D eigenvalue weighted by molar-refractivity contribution is -0.115. The maximum Gasteiger partial charge on any atom is 0.263 e. The van der Waals surface area contributed by atoms with Gasteiger partial charge in [-0.1, -0.05) is 30.0 Å². The first kappa shape index (κ1) is 12.9. The number of phenolic OH excluding ortho intramolecular Hbond substituents is 1. The molecule has 4 nitrogen and oxygen atoms in total. The van der Waals surface area contributed by atoms with Gasteiger partial charge in [0.1, 0.15) is 4.32 Å². The molecule has 0 saturated carbocycles. The van der Waals surface area contributed by atoms with Crippen LogP contribution in [0.15, 0.2) is 23.1 Å². The van der Waals surface area contributed by atoms with Crippen LogP contribution < -0.4 is 10.1 Å². The Morgan fingerprint density at radius 1 is 1.56 bits per heavy atom. The van der Waals surface area contributed by atoms with E-state index in [1.54, 1.807) is 24.3 Å². The Balaban J connectivity index is 2.25. The van der Waals surface area contributed by atoms with Crippen LogP contribution in [0.5, 0.6) is 11.5 Å². The molecular weight excluding hydrogens is 270 g/mol. The Morgan fingerprint density at radius 3 is 2.89 bits per heavy atom. The molecule has 94 valence electrons. The van der Waals surface area contributed by atoms with Gasteiger partial charge >= 0.3 is 0 Å². The van der Waals surface area contributed by atoms with E-state index < -0.39 is 0 Å². The summed E-state index contributed by atoms with van der Waals surface area (Å²) in [5.74, 6) is 0.272. The first-order chi connectivity index (χ1) is 8.60. The molecule has 1 amide bonds. The van der Waals surface area contributed by atoms with Crippen LogP contribution in [0, 0.1) is 0 Å². The van der Waals surface area contributed by atoms with E-state index in [2.05, 4.69) is 5.32 Å². The molecule has 0 aromatic heterocycles. The molecule has 0 spiro atoms. The molecule has 2 rings (SSSR count). The first-order valence-electron chi connectivity index (χ1n) is 5.31. The molecule has 1 fully saturated rings. The number of hydrogen-bond acceptors (Lipinski definition) is 5. The lowest BCUT2D eigenvalue weighted by Gasteiger charge is -2.06. The third kappa shape index (κ3) is 2.83. The van der Waals surface area contributed by atoms with Gasteiger partial charge in [-0.15, -0.1) is 0 Å². The van der Waals surface area contributed by atoms with Crippen molar-refractivity contribution in [3.63, 3.8) is 0 Å². The molecule has 2 N–H and O–H groups in total. The van der Waals surface area contributed by atoms with E-state index in [9.17, 15) is 9.90 Å². The average Bonchev–Trinajstić information content (AvgIpc) is 2.61. The number of amides is 1. The van der Waals surface area contributed by atoms with Crippen LogP contribution in [0.3, 0.4) is 0 Å². The number of nitrogens with one attached hydrogen (secondary N) is 1. The average molecular weight is 281 g/mol. The van der Waals surface area contributed by atoms with E-state index in [4.69, 9.17) is 17.0 Å². The number of rotatable bonds is 3. The topological polar surface area (TPSA) is 58.6 Å². The zero-order valence-electron chi connectivity index (χ0n) is 9.60. The monoisotopic (exact) mass is 281 g/mol. The minimum absolute atomic E-state index is 0.0529. The molecular formula is C12H11NO3S2. The zero-order valence-corrected chi connectivity index (χ0v) is 11.2. The van der Waals surface area contributed by atoms with Gasteiger partial charge in [-0.25, -0.2) is 0 Å². The predicted octanol–water partition coefficient (Wildman–Crippen LogP) is 2.28. The van der Waals surface area contributed by atoms with E-state index in [1.807, 2.05) is 6.92 Å². The van der Waals surface area contributed by atoms with Gasteiger partial charge < -0.3 is 15.2 Å². The minimum atomic E-state index is -0.210. The molecule has 6 heteroatoms. The van der Waals surface area contributed by atoms with Crippen molar-refractivity contribution >= 4 is 40.3 Å². The fourth-order valence-electron chi connectivity index (χ4n) is 1.47. The number of thioether (sulfide) groups is 1. The van der Waals surface area contributed by atoms with Gasteiger partial charge in [0.25, 0.3) is 5.91 Å². The van der Waals surface area contributed by atoms with Gasteiger partial charge in [-0.05, 0) is 30.7 Å². The number of aromatic hydroxyl groups is 1. The Hall–Kier alpha value is -1.53. The van der Waals surface area contributed by atoms with Crippen LogP contribution >= 0.6 is 24.0 Å². The van der Waals surface area contributed by atoms with Crippen molar-refractivity contribution in [2.24, 2.45) is 0 Å². The Kier molecular flexibility index (Phi) is 3.88. The van der Waals surface area contributed by atoms with E-state index in [0.717, 1.165) is 5.56 Å². The van der Waals surface area contributed by atoms with Crippen LogP contribution in [0.1, 0.15) is 12.5 Å². The van der Waals surface area contributed by atoms with Crippen molar-refractivity contribution in [2.75, 3.05) is 6.61 Å². The highest BCUT2D eigenvalue weighted by atomic mass is 32.2. The zero-order chi connectivity index (χ0) is 13.1. The van der Waals surface area contributed by atoms with Gasteiger partial charge in [0.05, 0.1) is 11.5 Å². The van der Waals surface area contributed by atoms with Crippen molar-refractivity contribution in [1.29, 1.82) is 0 Å². The lowest BCUT2D eigenvalue weighted by atomic mass is 10.2. The Bertz CT molecular complexity index is 540. The van der Waals surface area contributed by atoms with Crippen LogP contribution in [0.25, 0.3) is 6.08 Å². The number of carbonyl (C=O) groups excluding carboxylic acids is 1. The summed E-state index contributed by atoms with van der Waals surface area (Å²) in [5, 5.41) is 12.3. The SMILES string of the molecule is CCOc1ccc(/C=C2\SC(=S)NC2=O)cc1O. The highest BCUT2D eigenvalue weighted by Gasteiger charge is 2.21. The Morgan fingerprint density at radius 2 is 2.33 bits per heavy atom. The standard InChI is InChI=1S/C12H11NO3S2/c1-2-16-9-4-3-7(5-8(9)14)6-10-11(15)13-12(17)18-10/h3-6,14H,2H2,1H3,(H,13,15,17)/b10-6-. The Labute approximate surface area is 114 Å². The molecule has 0 unspecified atom stereocenters. The maximum absolute atomic E-state index is 11.5. The highest BCUT2D eigenvalue weighted by Crippen LogP contribution is 2.30. The number of phenols is 1. The third-order valence-corrected chi connectivity index (χ3v) is 3.39. The van der Waals surface area contributed by atoms with Gasteiger partial charge in [-0.3, -0.25) is 4.79 Å². The fraction of sp³-hybridized carbons (Fsp3) is 0.167. The van der Waals surface area contributed by atoms with E-state index in [1.165, 1.54) is 11.8 Å². The maximum atomic E-state index is 11.5. The largest absolute Gasteiger partial charge is 0.504 e. The number of hydrogen-bond donors (Lipinski definition) is 2. The summed E-state index contributed by atoms with van der Waals surface area (Å²) in [5.41, 5.74) is 0.721. The van der Waals surface area contributed by atoms with E-state index in [-0.39, 0.29) is 11.7 Å². The normalized spacial score (nSPS) is 17.1. The summed E-state index contributed by atoms with van der Waals surface area (Å²) in [6, 6.07) is 4.99. The van der Waals surface area contributed by atoms with Crippen molar-refractivity contribution in [2.45, 2.75) is 6.92 Å². The second-order valence-corrected chi connectivity index (χ2v) is 5.23. The number of carbonyl (C=O) groups is 1. The molecule has 0 bridgehead atoms. The molecule has 1 saturated heterocycles. The summed E-state index contributed by atoms with van der Waals surface area (Å²) >= 11 is 6.10. The van der Waals surface area contributed by atoms with E-state index in [0.29, 0.717) is 21.6 Å². The predicted molar refractivity (Wildman–Crippen MR) is 75.6 cm³/mol. The van der Waals surface area contributed by atoms with Crippen LogP contribution in [-0.2, 0) is 4.79 Å². The number of benzene rings is 1. The molecule has 0 atom stereocenters. The molecule has 0 aliphatic carbocycles.